The molecule has 0 spiro atoms. The maximum absolute atomic E-state index is 10.6. The van der Waals surface area contributed by atoms with Gasteiger partial charge in [0.2, 0.25) is 0 Å². The number of aliphatic carboxylic acids is 1. The van der Waals surface area contributed by atoms with Gasteiger partial charge in [0.1, 0.15) is 0 Å². The molecule has 136 valence electrons. The summed E-state index contributed by atoms with van der Waals surface area (Å²) in [7, 11) is 0. The van der Waals surface area contributed by atoms with Crippen LogP contribution in [0.4, 0.5) is 18.9 Å². The minimum absolute atomic E-state index is 0.670. The average molecular weight is 358 g/mol. The van der Waals surface area contributed by atoms with Crippen molar-refractivity contribution in [3.05, 3.63) is 30.2 Å². The van der Waals surface area contributed by atoms with Crippen LogP contribution in [0.15, 0.2) is 24.5 Å². The van der Waals surface area contributed by atoms with Crippen molar-refractivity contribution in [2.24, 2.45) is 5.92 Å². The molecule has 0 saturated carbocycles. The number of carbonyl (C=O) groups is 1. The third kappa shape index (κ3) is 5.71. The van der Waals surface area contributed by atoms with E-state index in [1.807, 2.05) is 6.20 Å². The van der Waals surface area contributed by atoms with Crippen LogP contribution in [-0.2, 0) is 11.2 Å². The van der Waals surface area contributed by atoms with E-state index in [1.54, 1.807) is 23.0 Å². The van der Waals surface area contributed by atoms with Gasteiger partial charge < -0.3 is 16.2 Å². The fraction of sp³-hybridized carbons (Fsp3) is 0.429. The Morgan fingerprint density at radius 1 is 1.48 bits per heavy atom. The fourth-order valence-electron chi connectivity index (χ4n) is 2.25. The Balaban J connectivity index is 0.000000277. The van der Waals surface area contributed by atoms with Gasteiger partial charge in [-0.2, -0.15) is 13.2 Å². The minimum Gasteiger partial charge on any atom is -0.475 e. The van der Waals surface area contributed by atoms with Gasteiger partial charge in [-0.05, 0) is 37.9 Å². The first kappa shape index (κ1) is 18.6. The molecular weight excluding hydrogens is 341 g/mol. The first-order valence-electron chi connectivity index (χ1n) is 7.39. The number of hydrogen-bond donors (Lipinski definition) is 3. The monoisotopic (exact) mass is 358 g/mol. The van der Waals surface area contributed by atoms with Crippen molar-refractivity contribution in [1.82, 2.24) is 25.3 Å². The van der Waals surface area contributed by atoms with Gasteiger partial charge in [0, 0.05) is 18.0 Å². The highest BCUT2D eigenvalue weighted by molar-refractivity contribution is 5.73. The molecule has 1 aliphatic heterocycles. The van der Waals surface area contributed by atoms with Crippen molar-refractivity contribution in [2.75, 3.05) is 18.8 Å². The predicted octanol–water partition coefficient (Wildman–Crippen LogP) is 1.03. The first-order valence-corrected chi connectivity index (χ1v) is 7.39. The quantitative estimate of drug-likeness (QED) is 0.750. The Labute approximate surface area is 140 Å². The van der Waals surface area contributed by atoms with Crippen molar-refractivity contribution >= 4 is 11.7 Å². The zero-order chi connectivity index (χ0) is 18.4. The summed E-state index contributed by atoms with van der Waals surface area (Å²) in [4.78, 5) is 13.1. The van der Waals surface area contributed by atoms with Gasteiger partial charge in [0.15, 0.2) is 5.82 Å². The van der Waals surface area contributed by atoms with Crippen LogP contribution in [0.25, 0.3) is 5.82 Å². The molecule has 4 N–H and O–H groups in total. The molecule has 0 amide bonds. The van der Waals surface area contributed by atoms with Crippen LogP contribution in [0.2, 0.25) is 0 Å². The Kier molecular flexibility index (Phi) is 5.91. The SMILES string of the molecule is Nc1ccnc(-n2cc(CC3CCNC3)nn2)c1.O=C(O)C(F)(F)F. The number of pyridine rings is 1. The van der Waals surface area contributed by atoms with Crippen LogP contribution in [0.5, 0.6) is 0 Å². The average Bonchev–Trinajstić information content (AvgIpc) is 3.19. The number of hydrogen-bond acceptors (Lipinski definition) is 6. The molecule has 1 unspecified atom stereocenters. The van der Waals surface area contributed by atoms with Gasteiger partial charge in [0.25, 0.3) is 0 Å². The smallest absolute Gasteiger partial charge is 0.475 e. The number of rotatable bonds is 3. The van der Waals surface area contributed by atoms with E-state index in [-0.39, 0.29) is 0 Å². The summed E-state index contributed by atoms with van der Waals surface area (Å²) >= 11 is 0. The van der Waals surface area contributed by atoms with Gasteiger partial charge in [-0.15, -0.1) is 5.10 Å². The van der Waals surface area contributed by atoms with E-state index in [1.165, 1.54) is 6.42 Å². The molecule has 8 nitrogen and oxygen atoms in total. The maximum atomic E-state index is 10.6. The molecule has 1 fully saturated rings. The second kappa shape index (κ2) is 7.92. The third-order valence-corrected chi connectivity index (χ3v) is 3.45. The Bertz CT molecular complexity index is 713. The van der Waals surface area contributed by atoms with E-state index in [0.717, 1.165) is 25.2 Å². The summed E-state index contributed by atoms with van der Waals surface area (Å²) in [5.41, 5.74) is 7.41. The van der Waals surface area contributed by atoms with E-state index in [9.17, 15) is 13.2 Å². The van der Waals surface area contributed by atoms with Crippen LogP contribution in [0, 0.1) is 5.92 Å². The molecule has 0 radical (unpaired) electrons. The predicted molar refractivity (Wildman–Crippen MR) is 81.9 cm³/mol. The van der Waals surface area contributed by atoms with Crippen LogP contribution in [-0.4, -0.2) is 50.3 Å². The van der Waals surface area contributed by atoms with Crippen LogP contribution in [0.1, 0.15) is 12.1 Å². The van der Waals surface area contributed by atoms with Crippen LogP contribution < -0.4 is 11.1 Å². The van der Waals surface area contributed by atoms with Crippen molar-refractivity contribution in [1.29, 1.82) is 0 Å². The van der Waals surface area contributed by atoms with Gasteiger partial charge in [-0.3, -0.25) is 0 Å². The van der Waals surface area contributed by atoms with Crippen LogP contribution in [0.3, 0.4) is 0 Å². The van der Waals surface area contributed by atoms with Crippen molar-refractivity contribution in [2.45, 2.75) is 19.0 Å². The van der Waals surface area contributed by atoms with E-state index < -0.39 is 12.1 Å². The van der Waals surface area contributed by atoms with Crippen molar-refractivity contribution < 1.29 is 23.1 Å². The van der Waals surface area contributed by atoms with Crippen LogP contribution >= 0.6 is 0 Å². The van der Waals surface area contributed by atoms with Crippen molar-refractivity contribution in [3.63, 3.8) is 0 Å². The molecule has 2 aromatic heterocycles. The summed E-state index contributed by atoms with van der Waals surface area (Å²) < 4.78 is 33.4. The highest BCUT2D eigenvalue weighted by Gasteiger charge is 2.38. The highest BCUT2D eigenvalue weighted by Crippen LogP contribution is 2.15. The number of nitrogen functional groups attached to an aromatic ring is 1. The highest BCUT2D eigenvalue weighted by atomic mass is 19.4. The molecule has 0 bridgehead atoms. The zero-order valence-electron chi connectivity index (χ0n) is 13.1. The van der Waals surface area contributed by atoms with Gasteiger partial charge >= 0.3 is 12.1 Å². The van der Waals surface area contributed by atoms with Gasteiger partial charge in [0.05, 0.1) is 11.9 Å². The Morgan fingerprint density at radius 3 is 2.76 bits per heavy atom. The summed E-state index contributed by atoms with van der Waals surface area (Å²) in [6.45, 7) is 2.18. The normalized spacial score (nSPS) is 17.0. The lowest BCUT2D eigenvalue weighted by molar-refractivity contribution is -0.192. The summed E-state index contributed by atoms with van der Waals surface area (Å²) in [5.74, 6) is -1.38. The second-order valence-corrected chi connectivity index (χ2v) is 5.47. The third-order valence-electron chi connectivity index (χ3n) is 3.45. The Hall–Kier alpha value is -2.69. The molecule has 1 saturated heterocycles. The lowest BCUT2D eigenvalue weighted by atomic mass is 10.0. The number of anilines is 1. The molecule has 11 heteroatoms. The fourth-order valence-corrected chi connectivity index (χ4v) is 2.25. The zero-order valence-corrected chi connectivity index (χ0v) is 13.1. The number of carboxylic acid groups (broad SMARTS) is 1. The summed E-state index contributed by atoms with van der Waals surface area (Å²) in [5, 5.41) is 18.8. The topological polar surface area (TPSA) is 119 Å². The number of alkyl halides is 3. The van der Waals surface area contributed by atoms with E-state index >= 15 is 0 Å². The number of nitrogens with two attached hydrogens (primary N) is 1. The minimum atomic E-state index is -5.08. The van der Waals surface area contributed by atoms with E-state index in [0.29, 0.717) is 17.4 Å². The molecule has 0 aliphatic carbocycles. The lowest BCUT2D eigenvalue weighted by Gasteiger charge is -2.03. The van der Waals surface area contributed by atoms with Gasteiger partial charge in [-0.25, -0.2) is 14.5 Å². The molecule has 25 heavy (non-hydrogen) atoms. The number of aromatic nitrogens is 4. The molecular formula is C14H17F3N6O2. The number of nitrogens with one attached hydrogen (secondary N) is 1. The molecule has 1 atom stereocenters. The summed E-state index contributed by atoms with van der Waals surface area (Å²) in [6, 6.07) is 3.54. The maximum Gasteiger partial charge on any atom is 0.490 e. The first-order chi connectivity index (χ1) is 11.8. The second-order valence-electron chi connectivity index (χ2n) is 5.47. The molecule has 0 aromatic carbocycles. The van der Waals surface area contributed by atoms with E-state index in [2.05, 4.69) is 20.6 Å². The Morgan fingerprint density at radius 2 is 2.20 bits per heavy atom. The largest absolute Gasteiger partial charge is 0.490 e. The van der Waals surface area contributed by atoms with Crippen molar-refractivity contribution in [3.8, 4) is 5.82 Å². The number of carboxylic acids is 1. The molecule has 2 aromatic rings. The lowest BCUT2D eigenvalue weighted by Crippen LogP contribution is -2.21. The standard InChI is InChI=1S/C12H16N6.C2HF3O2/c13-10-2-4-15-12(6-10)18-8-11(16-17-18)5-9-1-3-14-7-9;3-2(4,5)1(6)7/h2,4,6,8-9,14H,1,3,5,7H2,(H2,13,15);(H,6,7). The molecule has 3 heterocycles. The van der Waals surface area contributed by atoms with Gasteiger partial charge in [-0.1, -0.05) is 5.21 Å². The summed E-state index contributed by atoms with van der Waals surface area (Å²) in [6.07, 6.45) is 0.700. The number of nitrogens with zero attached hydrogens (tertiary/aromatic N) is 4. The molecule has 1 aliphatic rings. The molecule has 3 rings (SSSR count). The van der Waals surface area contributed by atoms with E-state index in [4.69, 9.17) is 15.6 Å². The number of halogens is 3.